The van der Waals surface area contributed by atoms with Crippen LogP contribution in [0.3, 0.4) is 0 Å². The molecule has 0 amide bonds. The molecule has 0 fully saturated rings. The van der Waals surface area contributed by atoms with Crippen molar-refractivity contribution in [2.75, 3.05) is 0 Å². The monoisotopic (exact) mass is 259 g/mol. The number of hydrogen-bond donors (Lipinski definition) is 1. The standard InChI is InChI=1S/C11H17NO2S2/c1-3-5-9(2)11(16(12,13)14)8-10-6-4-7-15-10/h3-4,6-7,9,11H,1,5,8H2,2H3,(H2,12,13,14)/t9-,11-/m1/s1. The molecule has 0 bridgehead atoms. The summed E-state index contributed by atoms with van der Waals surface area (Å²) in [5.74, 6) is -0.00500. The van der Waals surface area contributed by atoms with E-state index in [0.717, 1.165) is 4.88 Å². The maximum absolute atomic E-state index is 11.5. The van der Waals surface area contributed by atoms with Crippen LogP contribution < -0.4 is 5.14 Å². The number of thiophene rings is 1. The van der Waals surface area contributed by atoms with Crippen molar-refractivity contribution in [1.29, 1.82) is 0 Å². The van der Waals surface area contributed by atoms with E-state index < -0.39 is 15.3 Å². The van der Waals surface area contributed by atoms with E-state index in [4.69, 9.17) is 5.14 Å². The van der Waals surface area contributed by atoms with Gasteiger partial charge in [-0.3, -0.25) is 0 Å². The smallest absolute Gasteiger partial charge is 0.212 e. The summed E-state index contributed by atoms with van der Waals surface area (Å²) in [5, 5.41) is 6.68. The van der Waals surface area contributed by atoms with Crippen LogP contribution >= 0.6 is 11.3 Å². The number of primary sulfonamides is 1. The topological polar surface area (TPSA) is 60.2 Å². The molecule has 1 aromatic rings. The second-order valence-electron chi connectivity index (χ2n) is 3.91. The minimum Gasteiger partial charge on any atom is -0.228 e. The summed E-state index contributed by atoms with van der Waals surface area (Å²) >= 11 is 1.56. The lowest BCUT2D eigenvalue weighted by Gasteiger charge is -2.20. The Hall–Kier alpha value is -0.650. The van der Waals surface area contributed by atoms with Gasteiger partial charge in [0.1, 0.15) is 0 Å². The highest BCUT2D eigenvalue weighted by molar-refractivity contribution is 7.89. The van der Waals surface area contributed by atoms with Gasteiger partial charge in [0.2, 0.25) is 10.0 Å². The number of sulfonamides is 1. The highest BCUT2D eigenvalue weighted by atomic mass is 32.2. The van der Waals surface area contributed by atoms with Crippen LogP contribution in [0.15, 0.2) is 30.2 Å². The molecular weight excluding hydrogens is 242 g/mol. The van der Waals surface area contributed by atoms with E-state index in [2.05, 4.69) is 6.58 Å². The van der Waals surface area contributed by atoms with E-state index in [-0.39, 0.29) is 5.92 Å². The highest BCUT2D eigenvalue weighted by Crippen LogP contribution is 2.21. The van der Waals surface area contributed by atoms with Gasteiger partial charge in [-0.2, -0.15) is 0 Å². The average Bonchev–Trinajstić information content (AvgIpc) is 2.64. The molecule has 2 atom stereocenters. The highest BCUT2D eigenvalue weighted by Gasteiger charge is 2.27. The maximum Gasteiger partial charge on any atom is 0.212 e. The molecule has 0 aromatic carbocycles. The van der Waals surface area contributed by atoms with Gasteiger partial charge in [-0.05, 0) is 23.8 Å². The summed E-state index contributed by atoms with van der Waals surface area (Å²) in [6.45, 7) is 5.52. The van der Waals surface area contributed by atoms with E-state index in [9.17, 15) is 8.42 Å². The molecule has 0 saturated carbocycles. The third-order valence-electron chi connectivity index (χ3n) is 2.58. The molecule has 16 heavy (non-hydrogen) atoms. The van der Waals surface area contributed by atoms with Crippen LogP contribution in [0.4, 0.5) is 0 Å². The molecule has 1 rings (SSSR count). The molecule has 0 radical (unpaired) electrons. The predicted octanol–water partition coefficient (Wildman–Crippen LogP) is 2.16. The number of allylic oxidation sites excluding steroid dienone is 1. The lowest BCUT2D eigenvalue weighted by atomic mass is 10.0. The Morgan fingerprint density at radius 3 is 2.75 bits per heavy atom. The first kappa shape index (κ1) is 13.4. The zero-order valence-corrected chi connectivity index (χ0v) is 10.9. The minimum atomic E-state index is -3.50. The van der Waals surface area contributed by atoms with Crippen LogP contribution in [-0.2, 0) is 16.4 Å². The van der Waals surface area contributed by atoms with Crippen molar-refractivity contribution < 1.29 is 8.42 Å². The van der Waals surface area contributed by atoms with Gasteiger partial charge in [-0.1, -0.05) is 19.1 Å². The second-order valence-corrected chi connectivity index (χ2v) is 6.73. The Morgan fingerprint density at radius 2 is 2.31 bits per heavy atom. The van der Waals surface area contributed by atoms with E-state index in [1.54, 1.807) is 17.4 Å². The predicted molar refractivity (Wildman–Crippen MR) is 68.9 cm³/mol. The van der Waals surface area contributed by atoms with Crippen LogP contribution in [0.5, 0.6) is 0 Å². The minimum absolute atomic E-state index is 0.00500. The summed E-state index contributed by atoms with van der Waals surface area (Å²) in [5.41, 5.74) is 0. The van der Waals surface area contributed by atoms with E-state index in [0.29, 0.717) is 12.8 Å². The Morgan fingerprint density at radius 1 is 1.62 bits per heavy atom. The number of rotatable bonds is 6. The third-order valence-corrected chi connectivity index (χ3v) is 4.95. The van der Waals surface area contributed by atoms with Gasteiger partial charge >= 0.3 is 0 Å². The van der Waals surface area contributed by atoms with Crippen LogP contribution in [0.1, 0.15) is 18.2 Å². The Labute approximate surface area is 101 Å². The molecule has 5 heteroatoms. The van der Waals surface area contributed by atoms with E-state index in [1.807, 2.05) is 24.4 Å². The summed E-state index contributed by atoms with van der Waals surface area (Å²) in [7, 11) is -3.50. The van der Waals surface area contributed by atoms with E-state index in [1.165, 1.54) is 0 Å². The quantitative estimate of drug-likeness (QED) is 0.796. The fraction of sp³-hybridized carbons (Fsp3) is 0.455. The van der Waals surface area contributed by atoms with Crippen molar-refractivity contribution in [2.24, 2.45) is 11.1 Å². The van der Waals surface area contributed by atoms with Gasteiger partial charge in [-0.15, -0.1) is 17.9 Å². The zero-order valence-electron chi connectivity index (χ0n) is 9.30. The van der Waals surface area contributed by atoms with Crippen molar-refractivity contribution in [2.45, 2.75) is 25.0 Å². The molecule has 0 spiro atoms. The van der Waals surface area contributed by atoms with Gasteiger partial charge in [0.05, 0.1) is 5.25 Å². The molecule has 90 valence electrons. The molecular formula is C11H17NO2S2. The van der Waals surface area contributed by atoms with Crippen LogP contribution in [0.2, 0.25) is 0 Å². The molecule has 0 saturated heterocycles. The van der Waals surface area contributed by atoms with Crippen molar-refractivity contribution in [3.05, 3.63) is 35.0 Å². The molecule has 0 aliphatic rings. The Kier molecular flexibility index (Phi) is 4.70. The fourth-order valence-electron chi connectivity index (χ4n) is 1.68. The van der Waals surface area contributed by atoms with E-state index >= 15 is 0 Å². The molecule has 0 aliphatic heterocycles. The summed E-state index contributed by atoms with van der Waals surface area (Å²) in [6, 6.07) is 3.85. The number of nitrogens with two attached hydrogens (primary N) is 1. The van der Waals surface area contributed by atoms with Crippen LogP contribution in [-0.4, -0.2) is 13.7 Å². The van der Waals surface area contributed by atoms with Crippen molar-refractivity contribution in [3.63, 3.8) is 0 Å². The van der Waals surface area contributed by atoms with Crippen LogP contribution in [0, 0.1) is 5.92 Å². The Bertz CT molecular complexity index is 423. The first-order valence-corrected chi connectivity index (χ1v) is 7.59. The van der Waals surface area contributed by atoms with Crippen molar-refractivity contribution >= 4 is 21.4 Å². The fourth-order valence-corrected chi connectivity index (χ4v) is 3.72. The summed E-state index contributed by atoms with van der Waals surface area (Å²) < 4.78 is 23.0. The first-order valence-electron chi connectivity index (χ1n) is 5.10. The number of hydrogen-bond acceptors (Lipinski definition) is 3. The molecule has 1 aromatic heterocycles. The van der Waals surface area contributed by atoms with Gasteiger partial charge in [-0.25, -0.2) is 13.6 Å². The van der Waals surface area contributed by atoms with Gasteiger partial charge < -0.3 is 0 Å². The third kappa shape index (κ3) is 3.73. The molecule has 0 unspecified atom stereocenters. The summed E-state index contributed by atoms with van der Waals surface area (Å²) in [4.78, 5) is 1.05. The van der Waals surface area contributed by atoms with Crippen molar-refractivity contribution in [3.8, 4) is 0 Å². The Balaban J connectivity index is 2.84. The summed E-state index contributed by atoms with van der Waals surface area (Å²) in [6.07, 6.45) is 2.88. The largest absolute Gasteiger partial charge is 0.228 e. The average molecular weight is 259 g/mol. The molecule has 2 N–H and O–H groups in total. The molecule has 3 nitrogen and oxygen atoms in total. The molecule has 0 aliphatic carbocycles. The molecule has 1 heterocycles. The van der Waals surface area contributed by atoms with Gasteiger partial charge in [0.25, 0.3) is 0 Å². The maximum atomic E-state index is 11.5. The first-order chi connectivity index (χ1) is 7.45. The van der Waals surface area contributed by atoms with Crippen LogP contribution in [0.25, 0.3) is 0 Å². The lowest BCUT2D eigenvalue weighted by Crippen LogP contribution is -2.35. The van der Waals surface area contributed by atoms with Crippen molar-refractivity contribution in [1.82, 2.24) is 0 Å². The van der Waals surface area contributed by atoms with Gasteiger partial charge in [0, 0.05) is 11.3 Å². The lowest BCUT2D eigenvalue weighted by molar-refractivity contribution is 0.507. The SMILES string of the molecule is C=CC[C@@H](C)[C@@H](Cc1cccs1)S(N)(=O)=O. The second kappa shape index (κ2) is 5.61. The zero-order chi connectivity index (χ0) is 12.2. The normalized spacial score (nSPS) is 15.6. The van der Waals surface area contributed by atoms with Gasteiger partial charge in [0.15, 0.2) is 0 Å².